The molecule has 2 aliphatic heterocycles. The summed E-state index contributed by atoms with van der Waals surface area (Å²) in [6.07, 6.45) is 5.39. The van der Waals surface area contributed by atoms with Gasteiger partial charge in [-0.15, -0.1) is 5.10 Å². The van der Waals surface area contributed by atoms with E-state index in [1.54, 1.807) is 10.7 Å². The van der Waals surface area contributed by atoms with Crippen LogP contribution in [-0.4, -0.2) is 57.2 Å². The molecule has 0 amide bonds. The number of nitrogens with two attached hydrogens (primary N) is 1. The maximum absolute atomic E-state index is 8.78. The second-order valence-corrected chi connectivity index (χ2v) is 6.32. The molecule has 0 spiro atoms. The number of aromatic nitrogens is 4. The van der Waals surface area contributed by atoms with Crippen molar-refractivity contribution in [3.05, 3.63) is 17.2 Å². The van der Waals surface area contributed by atoms with Crippen molar-refractivity contribution >= 4 is 23.1 Å². The van der Waals surface area contributed by atoms with Gasteiger partial charge in [0.25, 0.3) is 0 Å². The van der Waals surface area contributed by atoms with Crippen LogP contribution in [0.2, 0.25) is 5.15 Å². The van der Waals surface area contributed by atoms with Gasteiger partial charge in [0.1, 0.15) is 11.3 Å². The van der Waals surface area contributed by atoms with Crippen LogP contribution >= 0.6 is 11.6 Å². The fraction of sp³-hybridized carbons (Fsp3) is 0.667. The van der Waals surface area contributed by atoms with Crippen LogP contribution in [-0.2, 0) is 9.47 Å². The fourth-order valence-corrected chi connectivity index (χ4v) is 3.03. The standard InChI is InChI=1S/C10H12ClN5O.C5H10O2/c11-8-7-4-13-10(12)15-16(7)9(14-8)6-2-1-3-17-5-6;6-5-2-1-3-7-4-5/h4,6H,1-3,5H2,(H2,12,15);5-6H,1-4H2. The third-order valence-electron chi connectivity index (χ3n) is 4.05. The highest BCUT2D eigenvalue weighted by molar-refractivity contribution is 6.32. The van der Waals surface area contributed by atoms with E-state index >= 15 is 0 Å². The number of hydrogen-bond donors (Lipinski definition) is 2. The summed E-state index contributed by atoms with van der Waals surface area (Å²) in [5, 5.41) is 13.3. The third-order valence-corrected chi connectivity index (χ3v) is 4.33. The molecule has 0 saturated carbocycles. The molecule has 9 heteroatoms. The molecule has 2 atom stereocenters. The van der Waals surface area contributed by atoms with Crippen LogP contribution in [0.1, 0.15) is 37.4 Å². The number of hydrogen-bond acceptors (Lipinski definition) is 7. The van der Waals surface area contributed by atoms with E-state index in [1.807, 2.05) is 0 Å². The van der Waals surface area contributed by atoms with Crippen molar-refractivity contribution in [3.63, 3.8) is 0 Å². The molecule has 0 aliphatic carbocycles. The minimum absolute atomic E-state index is 0.186. The van der Waals surface area contributed by atoms with Crippen molar-refractivity contribution in [1.82, 2.24) is 19.6 Å². The number of nitrogen functional groups attached to an aromatic ring is 1. The van der Waals surface area contributed by atoms with Gasteiger partial charge in [-0.1, -0.05) is 11.6 Å². The number of imidazole rings is 1. The molecule has 4 rings (SSSR count). The van der Waals surface area contributed by atoms with Crippen molar-refractivity contribution in [3.8, 4) is 0 Å². The number of ether oxygens (including phenoxy) is 2. The highest BCUT2D eigenvalue weighted by Crippen LogP contribution is 2.27. The minimum atomic E-state index is -0.186. The summed E-state index contributed by atoms with van der Waals surface area (Å²) < 4.78 is 12.1. The lowest BCUT2D eigenvalue weighted by molar-refractivity contribution is -0.00535. The molecule has 3 N–H and O–H groups in total. The Bertz CT molecular complexity index is 668. The molecule has 4 heterocycles. The molecule has 0 bridgehead atoms. The van der Waals surface area contributed by atoms with E-state index in [-0.39, 0.29) is 18.0 Å². The van der Waals surface area contributed by atoms with Gasteiger partial charge in [-0.05, 0) is 25.7 Å². The van der Waals surface area contributed by atoms with Crippen LogP contribution < -0.4 is 5.73 Å². The van der Waals surface area contributed by atoms with Crippen LogP contribution in [0.3, 0.4) is 0 Å². The van der Waals surface area contributed by atoms with Gasteiger partial charge in [0, 0.05) is 19.1 Å². The van der Waals surface area contributed by atoms with Crippen molar-refractivity contribution in [1.29, 1.82) is 0 Å². The first-order chi connectivity index (χ1) is 11.6. The second-order valence-electron chi connectivity index (χ2n) is 5.96. The molecular formula is C15H22ClN5O3. The van der Waals surface area contributed by atoms with Crippen LogP contribution in [0.4, 0.5) is 5.95 Å². The SMILES string of the molecule is Nc1ncc2c(Cl)nc(C3CCCOC3)n2n1.OC1CCCOC1. The zero-order valence-corrected chi connectivity index (χ0v) is 14.2. The zero-order chi connectivity index (χ0) is 16.9. The summed E-state index contributed by atoms with van der Waals surface area (Å²) in [7, 11) is 0. The molecule has 24 heavy (non-hydrogen) atoms. The maximum Gasteiger partial charge on any atom is 0.238 e. The van der Waals surface area contributed by atoms with Crippen molar-refractivity contribution in [2.45, 2.75) is 37.7 Å². The lowest BCUT2D eigenvalue weighted by Gasteiger charge is -2.20. The Morgan fingerprint density at radius 3 is 2.54 bits per heavy atom. The normalized spacial score (nSPS) is 24.4. The molecule has 2 aromatic heterocycles. The molecule has 2 fully saturated rings. The van der Waals surface area contributed by atoms with Crippen LogP contribution in [0.25, 0.3) is 5.52 Å². The largest absolute Gasteiger partial charge is 0.391 e. The lowest BCUT2D eigenvalue weighted by Crippen LogP contribution is -2.21. The predicted molar refractivity (Wildman–Crippen MR) is 89.1 cm³/mol. The number of fused-ring (bicyclic) bond motifs is 1. The molecule has 0 aromatic carbocycles. The average Bonchev–Trinajstić information content (AvgIpc) is 2.93. The number of rotatable bonds is 1. The Morgan fingerprint density at radius 1 is 1.21 bits per heavy atom. The number of anilines is 1. The number of nitrogens with zero attached hydrogens (tertiary/aromatic N) is 4. The predicted octanol–water partition coefficient (Wildman–Crippen LogP) is 1.41. The molecule has 2 aliphatic rings. The first kappa shape index (κ1) is 17.3. The number of aliphatic hydroxyl groups is 1. The molecule has 132 valence electrons. The van der Waals surface area contributed by atoms with Gasteiger partial charge in [-0.2, -0.15) is 0 Å². The topological polar surface area (TPSA) is 108 Å². The van der Waals surface area contributed by atoms with Crippen molar-refractivity contribution < 1.29 is 14.6 Å². The molecule has 2 unspecified atom stereocenters. The monoisotopic (exact) mass is 355 g/mol. The van der Waals surface area contributed by atoms with Gasteiger partial charge < -0.3 is 20.3 Å². The number of aliphatic hydroxyl groups excluding tert-OH is 1. The van der Waals surface area contributed by atoms with E-state index < -0.39 is 0 Å². The fourth-order valence-electron chi connectivity index (χ4n) is 2.82. The first-order valence-electron chi connectivity index (χ1n) is 8.15. The second kappa shape index (κ2) is 8.06. The Balaban J connectivity index is 0.000000203. The molecule has 2 aromatic rings. The highest BCUT2D eigenvalue weighted by atomic mass is 35.5. The Labute approximate surface area is 144 Å². The van der Waals surface area contributed by atoms with E-state index in [4.69, 9.17) is 31.9 Å². The average molecular weight is 356 g/mol. The smallest absolute Gasteiger partial charge is 0.238 e. The van der Waals surface area contributed by atoms with Crippen LogP contribution in [0, 0.1) is 0 Å². The summed E-state index contributed by atoms with van der Waals surface area (Å²) in [6.45, 7) is 2.83. The van der Waals surface area contributed by atoms with Crippen LogP contribution in [0.15, 0.2) is 6.20 Å². The molecule has 0 radical (unpaired) electrons. The Hall–Kier alpha value is -1.48. The summed E-state index contributed by atoms with van der Waals surface area (Å²) in [5.74, 6) is 1.24. The van der Waals surface area contributed by atoms with E-state index in [1.165, 1.54) is 0 Å². The zero-order valence-electron chi connectivity index (χ0n) is 13.4. The van der Waals surface area contributed by atoms with E-state index in [0.29, 0.717) is 23.9 Å². The van der Waals surface area contributed by atoms with Gasteiger partial charge in [-0.25, -0.2) is 14.5 Å². The van der Waals surface area contributed by atoms with Gasteiger partial charge in [0.2, 0.25) is 5.95 Å². The molecule has 8 nitrogen and oxygen atoms in total. The quantitative estimate of drug-likeness (QED) is 0.796. The summed E-state index contributed by atoms with van der Waals surface area (Å²) in [5.41, 5.74) is 6.27. The van der Waals surface area contributed by atoms with Crippen molar-refractivity contribution in [2.24, 2.45) is 0 Å². The first-order valence-corrected chi connectivity index (χ1v) is 8.53. The Morgan fingerprint density at radius 2 is 1.96 bits per heavy atom. The third kappa shape index (κ3) is 4.13. The van der Waals surface area contributed by atoms with Crippen molar-refractivity contribution in [2.75, 3.05) is 32.2 Å². The summed E-state index contributed by atoms with van der Waals surface area (Å²) in [4.78, 5) is 8.26. The van der Waals surface area contributed by atoms with E-state index in [9.17, 15) is 0 Å². The number of halogens is 1. The highest BCUT2D eigenvalue weighted by Gasteiger charge is 2.23. The van der Waals surface area contributed by atoms with E-state index in [0.717, 1.165) is 44.7 Å². The van der Waals surface area contributed by atoms with Crippen LogP contribution in [0.5, 0.6) is 0 Å². The minimum Gasteiger partial charge on any atom is -0.391 e. The maximum atomic E-state index is 8.78. The van der Waals surface area contributed by atoms with Gasteiger partial charge in [0.05, 0.1) is 25.5 Å². The summed E-state index contributed by atoms with van der Waals surface area (Å²) in [6, 6.07) is 0. The summed E-state index contributed by atoms with van der Waals surface area (Å²) >= 11 is 6.06. The Kier molecular flexibility index (Phi) is 5.83. The van der Waals surface area contributed by atoms with Gasteiger partial charge in [-0.3, -0.25) is 0 Å². The van der Waals surface area contributed by atoms with Gasteiger partial charge in [0.15, 0.2) is 5.15 Å². The molecular weight excluding hydrogens is 334 g/mol. The van der Waals surface area contributed by atoms with Gasteiger partial charge >= 0.3 is 0 Å². The van der Waals surface area contributed by atoms with E-state index in [2.05, 4.69) is 15.1 Å². The lowest BCUT2D eigenvalue weighted by atomic mass is 10.0. The molecule has 2 saturated heterocycles.